The highest BCUT2D eigenvalue weighted by molar-refractivity contribution is 5.22. The Morgan fingerprint density at radius 3 is 2.54 bits per heavy atom. The Bertz CT molecular complexity index is 668. The first-order valence-corrected chi connectivity index (χ1v) is 9.67. The molecule has 1 heterocycles. The Morgan fingerprint density at radius 2 is 1.85 bits per heavy atom. The quantitative estimate of drug-likeness (QED) is 0.681. The van der Waals surface area contributed by atoms with E-state index in [1.165, 1.54) is 11.1 Å². The van der Waals surface area contributed by atoms with Crippen molar-refractivity contribution >= 4 is 0 Å². The monoisotopic (exact) mass is 355 g/mol. The first kappa shape index (κ1) is 19.1. The molecular formula is C23H30FNO. The second-order valence-electron chi connectivity index (χ2n) is 7.97. The minimum atomic E-state index is -0.165. The summed E-state index contributed by atoms with van der Waals surface area (Å²) in [4.78, 5) is 0. The van der Waals surface area contributed by atoms with E-state index < -0.39 is 0 Å². The molecule has 3 rings (SSSR count). The van der Waals surface area contributed by atoms with Gasteiger partial charge in [0, 0.05) is 13.2 Å². The molecule has 140 valence electrons. The lowest BCUT2D eigenvalue weighted by Gasteiger charge is -2.39. The van der Waals surface area contributed by atoms with Gasteiger partial charge in [0.05, 0.1) is 5.60 Å². The number of hydrogen-bond acceptors (Lipinski definition) is 2. The molecule has 1 fully saturated rings. The molecule has 2 atom stereocenters. The molecule has 2 nitrogen and oxygen atoms in total. The van der Waals surface area contributed by atoms with Crippen LogP contribution in [0, 0.1) is 11.7 Å². The Morgan fingerprint density at radius 1 is 1.12 bits per heavy atom. The predicted octanol–water partition coefficient (Wildman–Crippen LogP) is 5.29. The Labute approximate surface area is 156 Å². The number of nitrogens with one attached hydrogen (secondary N) is 1. The summed E-state index contributed by atoms with van der Waals surface area (Å²) in [6.07, 6.45) is 3.18. The summed E-state index contributed by atoms with van der Waals surface area (Å²) >= 11 is 0. The fourth-order valence-electron chi connectivity index (χ4n) is 4.09. The van der Waals surface area contributed by atoms with E-state index in [0.717, 1.165) is 39.0 Å². The fourth-order valence-corrected chi connectivity index (χ4v) is 4.09. The molecule has 0 amide bonds. The minimum Gasteiger partial charge on any atom is -0.376 e. The van der Waals surface area contributed by atoms with Crippen LogP contribution in [0.1, 0.15) is 50.2 Å². The van der Waals surface area contributed by atoms with Gasteiger partial charge in [-0.25, -0.2) is 4.39 Å². The molecule has 3 heteroatoms. The van der Waals surface area contributed by atoms with Crippen LogP contribution in [0.4, 0.5) is 4.39 Å². The van der Waals surface area contributed by atoms with Crippen molar-refractivity contribution in [2.45, 2.75) is 51.2 Å². The van der Waals surface area contributed by atoms with Crippen molar-refractivity contribution in [1.29, 1.82) is 0 Å². The van der Waals surface area contributed by atoms with Crippen LogP contribution in [0.25, 0.3) is 0 Å². The Kier molecular flexibility index (Phi) is 6.44. The summed E-state index contributed by atoms with van der Waals surface area (Å²) < 4.78 is 19.3. The maximum atomic E-state index is 13.4. The first-order chi connectivity index (χ1) is 12.5. The number of halogens is 1. The lowest BCUT2D eigenvalue weighted by atomic mass is 9.75. The molecule has 0 saturated carbocycles. The summed E-state index contributed by atoms with van der Waals surface area (Å²) in [6.45, 7) is 7.00. The molecule has 1 aliphatic heterocycles. The van der Waals surface area contributed by atoms with Gasteiger partial charge >= 0.3 is 0 Å². The molecule has 0 bridgehead atoms. The molecule has 26 heavy (non-hydrogen) atoms. The van der Waals surface area contributed by atoms with Crippen molar-refractivity contribution in [1.82, 2.24) is 5.32 Å². The van der Waals surface area contributed by atoms with Gasteiger partial charge in [-0.3, -0.25) is 0 Å². The normalized spacial score (nSPS) is 20.7. The SMILES string of the molecule is CC1(C)CC([C@H](CCNCc2ccccc2)c2ccc(F)cc2)CCO1. The number of rotatable bonds is 7. The maximum absolute atomic E-state index is 13.4. The third-order valence-electron chi connectivity index (χ3n) is 5.41. The Hall–Kier alpha value is -1.71. The molecule has 0 aromatic heterocycles. The van der Waals surface area contributed by atoms with Gasteiger partial charge in [0.1, 0.15) is 5.82 Å². The van der Waals surface area contributed by atoms with E-state index in [1.54, 1.807) is 12.1 Å². The molecule has 1 unspecified atom stereocenters. The van der Waals surface area contributed by atoms with Crippen molar-refractivity contribution in [2.75, 3.05) is 13.2 Å². The van der Waals surface area contributed by atoms with Crippen LogP contribution < -0.4 is 5.32 Å². The van der Waals surface area contributed by atoms with Gasteiger partial charge in [0.15, 0.2) is 0 Å². The molecule has 2 aromatic rings. The largest absolute Gasteiger partial charge is 0.376 e. The lowest BCUT2D eigenvalue weighted by Crippen LogP contribution is -2.36. The molecule has 1 aliphatic rings. The van der Waals surface area contributed by atoms with E-state index in [4.69, 9.17) is 4.74 Å². The van der Waals surface area contributed by atoms with Crippen LogP contribution in [0.5, 0.6) is 0 Å². The zero-order valence-corrected chi connectivity index (χ0v) is 15.9. The van der Waals surface area contributed by atoms with Crippen LogP contribution in [-0.4, -0.2) is 18.8 Å². The first-order valence-electron chi connectivity index (χ1n) is 9.67. The minimum absolute atomic E-state index is 0.0708. The van der Waals surface area contributed by atoms with Crippen molar-refractivity contribution in [3.8, 4) is 0 Å². The van der Waals surface area contributed by atoms with Gasteiger partial charge in [-0.2, -0.15) is 0 Å². The molecule has 2 aromatic carbocycles. The van der Waals surface area contributed by atoms with Crippen molar-refractivity contribution < 1.29 is 9.13 Å². The number of hydrogen-bond donors (Lipinski definition) is 1. The van der Waals surface area contributed by atoms with Crippen LogP contribution in [-0.2, 0) is 11.3 Å². The van der Waals surface area contributed by atoms with Crippen LogP contribution in [0.2, 0.25) is 0 Å². The highest BCUT2D eigenvalue weighted by atomic mass is 19.1. The highest BCUT2D eigenvalue weighted by Gasteiger charge is 2.33. The van der Waals surface area contributed by atoms with Gasteiger partial charge < -0.3 is 10.1 Å². The van der Waals surface area contributed by atoms with Gasteiger partial charge in [0.2, 0.25) is 0 Å². The summed E-state index contributed by atoms with van der Waals surface area (Å²) in [5, 5.41) is 3.57. The van der Waals surface area contributed by atoms with Gasteiger partial charge in [-0.05, 0) is 74.8 Å². The topological polar surface area (TPSA) is 21.3 Å². The number of ether oxygens (including phenoxy) is 1. The smallest absolute Gasteiger partial charge is 0.123 e. The lowest BCUT2D eigenvalue weighted by molar-refractivity contribution is -0.0771. The average molecular weight is 355 g/mol. The van der Waals surface area contributed by atoms with E-state index in [-0.39, 0.29) is 11.4 Å². The van der Waals surface area contributed by atoms with Crippen molar-refractivity contribution in [3.63, 3.8) is 0 Å². The van der Waals surface area contributed by atoms with Gasteiger partial charge in [0.25, 0.3) is 0 Å². The van der Waals surface area contributed by atoms with Gasteiger partial charge in [-0.1, -0.05) is 42.5 Å². The van der Waals surface area contributed by atoms with Gasteiger partial charge in [-0.15, -0.1) is 0 Å². The third kappa shape index (κ3) is 5.39. The molecule has 0 aliphatic carbocycles. The highest BCUT2D eigenvalue weighted by Crippen LogP contribution is 2.39. The second kappa shape index (κ2) is 8.79. The molecule has 1 N–H and O–H groups in total. The maximum Gasteiger partial charge on any atom is 0.123 e. The van der Waals surface area contributed by atoms with Crippen LogP contribution in [0.15, 0.2) is 54.6 Å². The van der Waals surface area contributed by atoms with Crippen LogP contribution >= 0.6 is 0 Å². The number of benzene rings is 2. The average Bonchev–Trinajstić information content (AvgIpc) is 2.63. The second-order valence-corrected chi connectivity index (χ2v) is 7.97. The molecule has 1 saturated heterocycles. The summed E-state index contributed by atoms with van der Waals surface area (Å²) in [5.41, 5.74) is 2.48. The predicted molar refractivity (Wildman–Crippen MR) is 105 cm³/mol. The zero-order chi connectivity index (χ0) is 18.4. The van der Waals surface area contributed by atoms with E-state index in [0.29, 0.717) is 11.8 Å². The fraction of sp³-hybridized carbons (Fsp3) is 0.478. The molecule has 0 spiro atoms. The third-order valence-corrected chi connectivity index (χ3v) is 5.41. The molecular weight excluding hydrogens is 325 g/mol. The van der Waals surface area contributed by atoms with E-state index >= 15 is 0 Å². The zero-order valence-electron chi connectivity index (χ0n) is 15.9. The van der Waals surface area contributed by atoms with E-state index in [2.05, 4.69) is 43.4 Å². The summed E-state index contributed by atoms with van der Waals surface area (Å²) in [7, 11) is 0. The van der Waals surface area contributed by atoms with E-state index in [1.807, 2.05) is 18.2 Å². The summed E-state index contributed by atoms with van der Waals surface area (Å²) in [6, 6.07) is 17.6. The molecule has 0 radical (unpaired) electrons. The van der Waals surface area contributed by atoms with Crippen molar-refractivity contribution in [3.05, 3.63) is 71.5 Å². The van der Waals surface area contributed by atoms with Crippen LogP contribution in [0.3, 0.4) is 0 Å². The van der Waals surface area contributed by atoms with E-state index in [9.17, 15) is 4.39 Å². The summed E-state index contributed by atoms with van der Waals surface area (Å²) in [5.74, 6) is 0.840. The standard InChI is InChI=1S/C23H30FNO/c1-23(2)16-20(13-15-26-23)22(19-8-10-21(24)11-9-19)12-14-25-17-18-6-4-3-5-7-18/h3-11,20,22,25H,12-17H2,1-2H3/t20?,22-/m1/s1. The Balaban J connectivity index is 1.63. The van der Waals surface area contributed by atoms with Crippen molar-refractivity contribution in [2.24, 2.45) is 5.92 Å².